The van der Waals surface area contributed by atoms with Crippen LogP contribution in [0.15, 0.2) is 30.6 Å². The lowest BCUT2D eigenvalue weighted by molar-refractivity contribution is 0.590. The van der Waals surface area contributed by atoms with Gasteiger partial charge in [0, 0.05) is 12.6 Å². The van der Waals surface area contributed by atoms with Crippen molar-refractivity contribution >= 4 is 17.3 Å². The molecule has 2 rings (SSSR count). The van der Waals surface area contributed by atoms with Crippen LogP contribution in [0.5, 0.6) is 0 Å². The van der Waals surface area contributed by atoms with E-state index in [1.807, 2.05) is 0 Å². The summed E-state index contributed by atoms with van der Waals surface area (Å²) in [4.78, 5) is 8.04. The third-order valence-corrected chi connectivity index (χ3v) is 2.91. The number of halogens is 2. The van der Waals surface area contributed by atoms with Crippen LogP contribution < -0.4 is 10.6 Å². The van der Waals surface area contributed by atoms with Crippen molar-refractivity contribution in [2.75, 3.05) is 17.2 Å². The fourth-order valence-corrected chi connectivity index (χ4v) is 1.76. The third kappa shape index (κ3) is 4.37. The van der Waals surface area contributed by atoms with E-state index in [1.54, 1.807) is 6.07 Å². The van der Waals surface area contributed by atoms with E-state index in [9.17, 15) is 8.78 Å². The monoisotopic (exact) mass is 292 g/mol. The molecule has 112 valence electrons. The van der Waals surface area contributed by atoms with Crippen LogP contribution in [-0.4, -0.2) is 16.5 Å². The van der Waals surface area contributed by atoms with Crippen LogP contribution in [0.4, 0.5) is 26.1 Å². The van der Waals surface area contributed by atoms with E-state index < -0.39 is 11.6 Å². The van der Waals surface area contributed by atoms with Crippen LogP contribution in [-0.2, 0) is 0 Å². The molecule has 21 heavy (non-hydrogen) atoms. The number of nitrogens with zero attached hydrogens (tertiary/aromatic N) is 2. The summed E-state index contributed by atoms with van der Waals surface area (Å²) in [6.07, 6.45) is 2.35. The number of hydrogen-bond donors (Lipinski definition) is 2. The zero-order valence-corrected chi connectivity index (χ0v) is 12.0. The second-order valence-corrected chi connectivity index (χ2v) is 5.12. The summed E-state index contributed by atoms with van der Waals surface area (Å²) in [5.41, 5.74) is -0.218. The summed E-state index contributed by atoms with van der Waals surface area (Å²) in [5, 5.41) is 5.79. The van der Waals surface area contributed by atoms with E-state index in [0.29, 0.717) is 17.6 Å². The second-order valence-electron chi connectivity index (χ2n) is 5.12. The van der Waals surface area contributed by atoms with Crippen LogP contribution in [0.2, 0.25) is 0 Å². The van der Waals surface area contributed by atoms with Crippen molar-refractivity contribution < 1.29 is 8.78 Å². The van der Waals surface area contributed by atoms with Crippen molar-refractivity contribution in [2.24, 2.45) is 5.92 Å². The van der Waals surface area contributed by atoms with Crippen LogP contribution >= 0.6 is 0 Å². The normalized spacial score (nSPS) is 10.7. The van der Waals surface area contributed by atoms with Crippen molar-refractivity contribution in [3.63, 3.8) is 0 Å². The van der Waals surface area contributed by atoms with Gasteiger partial charge in [0.25, 0.3) is 0 Å². The number of rotatable bonds is 6. The topological polar surface area (TPSA) is 49.8 Å². The molecule has 0 atom stereocenters. The minimum Gasteiger partial charge on any atom is -0.370 e. The first kappa shape index (κ1) is 15.2. The van der Waals surface area contributed by atoms with Crippen molar-refractivity contribution in [1.82, 2.24) is 9.97 Å². The predicted molar refractivity (Wildman–Crippen MR) is 79.6 cm³/mol. The molecule has 4 nitrogen and oxygen atoms in total. The molecule has 0 fully saturated rings. The first-order valence-corrected chi connectivity index (χ1v) is 6.83. The number of anilines is 3. The standard InChI is InChI=1S/C15H18F2N4/c1-10(2)6-7-18-13-8-14(20-9-19-13)21-15-11(16)4-3-5-12(15)17/h3-5,8-10H,6-7H2,1-2H3,(H2,18,19,20,21). The van der Waals surface area contributed by atoms with Gasteiger partial charge in [-0.25, -0.2) is 18.7 Å². The van der Waals surface area contributed by atoms with Crippen LogP contribution in [0.25, 0.3) is 0 Å². The Morgan fingerprint density at radius 3 is 2.43 bits per heavy atom. The highest BCUT2D eigenvalue weighted by molar-refractivity contribution is 5.59. The highest BCUT2D eigenvalue weighted by Gasteiger charge is 2.09. The minimum atomic E-state index is -0.664. The molecular formula is C15H18F2N4. The van der Waals surface area contributed by atoms with Crippen molar-refractivity contribution in [2.45, 2.75) is 20.3 Å². The molecule has 2 aromatic rings. The lowest BCUT2D eigenvalue weighted by Gasteiger charge is -2.10. The van der Waals surface area contributed by atoms with E-state index in [0.717, 1.165) is 13.0 Å². The molecule has 1 heterocycles. The van der Waals surface area contributed by atoms with Crippen molar-refractivity contribution in [3.8, 4) is 0 Å². The Kier molecular flexibility index (Phi) is 5.03. The molecule has 0 saturated heterocycles. The Morgan fingerprint density at radius 2 is 1.76 bits per heavy atom. The lowest BCUT2D eigenvalue weighted by atomic mass is 10.1. The Hall–Kier alpha value is -2.24. The van der Waals surface area contributed by atoms with Crippen molar-refractivity contribution in [3.05, 3.63) is 42.2 Å². The number of nitrogens with one attached hydrogen (secondary N) is 2. The molecule has 0 unspecified atom stereocenters. The van der Waals surface area contributed by atoms with E-state index in [4.69, 9.17) is 0 Å². The van der Waals surface area contributed by atoms with Crippen LogP contribution in [0, 0.1) is 17.6 Å². The molecule has 0 aliphatic carbocycles. The Balaban J connectivity index is 2.07. The second kappa shape index (κ2) is 6.97. The van der Waals surface area contributed by atoms with Gasteiger partial charge >= 0.3 is 0 Å². The molecule has 0 amide bonds. The zero-order chi connectivity index (χ0) is 15.2. The van der Waals surface area contributed by atoms with Gasteiger partial charge in [0.05, 0.1) is 0 Å². The molecule has 0 aliphatic heterocycles. The maximum absolute atomic E-state index is 13.6. The summed E-state index contributed by atoms with van der Waals surface area (Å²) in [7, 11) is 0. The quantitative estimate of drug-likeness (QED) is 0.846. The molecule has 1 aromatic carbocycles. The zero-order valence-electron chi connectivity index (χ0n) is 12.0. The predicted octanol–water partition coefficient (Wildman–Crippen LogP) is 3.96. The van der Waals surface area contributed by atoms with E-state index in [2.05, 4.69) is 34.4 Å². The van der Waals surface area contributed by atoms with Crippen LogP contribution in [0.1, 0.15) is 20.3 Å². The van der Waals surface area contributed by atoms with E-state index in [1.165, 1.54) is 24.5 Å². The number of para-hydroxylation sites is 1. The van der Waals surface area contributed by atoms with E-state index >= 15 is 0 Å². The lowest BCUT2D eigenvalue weighted by Crippen LogP contribution is -2.07. The third-order valence-electron chi connectivity index (χ3n) is 2.91. The van der Waals surface area contributed by atoms with Gasteiger partial charge < -0.3 is 10.6 Å². The number of aromatic nitrogens is 2. The first-order valence-electron chi connectivity index (χ1n) is 6.83. The summed E-state index contributed by atoms with van der Waals surface area (Å²) in [5.74, 6) is 0.209. The molecule has 2 N–H and O–H groups in total. The van der Waals surface area contributed by atoms with Gasteiger partial charge in [0.15, 0.2) is 0 Å². The first-order chi connectivity index (χ1) is 10.1. The Bertz CT molecular complexity index is 582. The fourth-order valence-electron chi connectivity index (χ4n) is 1.76. The molecule has 0 spiro atoms. The summed E-state index contributed by atoms with van der Waals surface area (Å²) in [6.45, 7) is 5.05. The summed E-state index contributed by atoms with van der Waals surface area (Å²) < 4.78 is 27.1. The van der Waals surface area contributed by atoms with Gasteiger partial charge in [-0.05, 0) is 24.5 Å². The molecular weight excluding hydrogens is 274 g/mol. The summed E-state index contributed by atoms with van der Waals surface area (Å²) in [6, 6.07) is 5.31. The van der Waals surface area contributed by atoms with Gasteiger partial charge in [-0.3, -0.25) is 0 Å². The van der Waals surface area contributed by atoms with Crippen LogP contribution in [0.3, 0.4) is 0 Å². The fraction of sp³-hybridized carbons (Fsp3) is 0.333. The van der Waals surface area contributed by atoms with Gasteiger partial charge in [-0.2, -0.15) is 0 Å². The molecule has 0 radical (unpaired) electrons. The smallest absolute Gasteiger partial charge is 0.149 e. The number of benzene rings is 1. The molecule has 6 heteroatoms. The highest BCUT2D eigenvalue weighted by Crippen LogP contribution is 2.22. The molecule has 1 aromatic heterocycles. The Labute approximate surface area is 122 Å². The van der Waals surface area contributed by atoms with Crippen molar-refractivity contribution in [1.29, 1.82) is 0 Å². The average molecular weight is 292 g/mol. The number of hydrogen-bond acceptors (Lipinski definition) is 4. The van der Waals surface area contributed by atoms with Gasteiger partial charge in [-0.15, -0.1) is 0 Å². The average Bonchev–Trinajstić information content (AvgIpc) is 2.43. The van der Waals surface area contributed by atoms with Gasteiger partial charge in [-0.1, -0.05) is 19.9 Å². The molecule has 0 bridgehead atoms. The molecule has 0 saturated carbocycles. The Morgan fingerprint density at radius 1 is 1.10 bits per heavy atom. The summed E-state index contributed by atoms with van der Waals surface area (Å²) >= 11 is 0. The SMILES string of the molecule is CC(C)CCNc1cc(Nc2c(F)cccc2F)ncn1. The largest absolute Gasteiger partial charge is 0.370 e. The molecule has 0 aliphatic rings. The van der Waals surface area contributed by atoms with E-state index in [-0.39, 0.29) is 5.69 Å². The maximum atomic E-state index is 13.6. The highest BCUT2D eigenvalue weighted by atomic mass is 19.1. The maximum Gasteiger partial charge on any atom is 0.149 e. The van der Waals surface area contributed by atoms with Gasteiger partial charge in [0.2, 0.25) is 0 Å². The minimum absolute atomic E-state index is 0.218. The van der Waals surface area contributed by atoms with Gasteiger partial charge in [0.1, 0.15) is 35.3 Å².